The lowest BCUT2D eigenvalue weighted by Gasteiger charge is -2.50. The van der Waals surface area contributed by atoms with Gasteiger partial charge >= 0.3 is 0 Å². The number of hydrogen-bond acceptors (Lipinski definition) is 5. The highest BCUT2D eigenvalue weighted by molar-refractivity contribution is 6.30. The molecule has 0 amide bonds. The first-order valence-electron chi connectivity index (χ1n) is 9.37. The van der Waals surface area contributed by atoms with Crippen molar-refractivity contribution < 1.29 is 9.84 Å². The van der Waals surface area contributed by atoms with Crippen LogP contribution in [-0.4, -0.2) is 46.6 Å². The molecule has 2 aromatic carbocycles. The zero-order valence-electron chi connectivity index (χ0n) is 15.2. The third kappa shape index (κ3) is 2.77. The van der Waals surface area contributed by atoms with Crippen LogP contribution in [0.2, 0.25) is 5.02 Å². The van der Waals surface area contributed by atoms with Gasteiger partial charge in [0, 0.05) is 48.5 Å². The molecule has 0 unspecified atom stereocenters. The van der Waals surface area contributed by atoms with Gasteiger partial charge in [-0.25, -0.2) is 5.01 Å². The first-order valence-corrected chi connectivity index (χ1v) is 9.75. The SMILES string of the molecule is CN1CCC2(CC1)Oc1ccc(Cl)cc1[C@@H]1CC(c3cccc(O)c3)=NN12. The Balaban J connectivity index is 1.60. The molecule has 3 aliphatic rings. The van der Waals surface area contributed by atoms with Gasteiger partial charge in [0.15, 0.2) is 0 Å². The summed E-state index contributed by atoms with van der Waals surface area (Å²) in [6.45, 7) is 1.95. The van der Waals surface area contributed by atoms with E-state index in [2.05, 4.69) is 17.0 Å². The lowest BCUT2D eigenvalue weighted by molar-refractivity contribution is -0.147. The van der Waals surface area contributed by atoms with Crippen LogP contribution < -0.4 is 4.74 Å². The molecule has 0 aromatic heterocycles. The predicted octanol–water partition coefficient (Wildman–Crippen LogP) is 4.01. The van der Waals surface area contributed by atoms with E-state index >= 15 is 0 Å². The van der Waals surface area contributed by atoms with E-state index in [4.69, 9.17) is 21.4 Å². The second-order valence-corrected chi connectivity index (χ2v) is 8.13. The summed E-state index contributed by atoms with van der Waals surface area (Å²) in [4.78, 5) is 2.33. The van der Waals surface area contributed by atoms with Crippen LogP contribution in [0.1, 0.15) is 36.4 Å². The van der Waals surface area contributed by atoms with Crippen LogP contribution in [0.15, 0.2) is 47.6 Å². The summed E-state index contributed by atoms with van der Waals surface area (Å²) in [6.07, 6.45) is 2.58. The van der Waals surface area contributed by atoms with Gasteiger partial charge in [0.2, 0.25) is 5.72 Å². The molecule has 2 aromatic rings. The van der Waals surface area contributed by atoms with Crippen LogP contribution >= 0.6 is 11.6 Å². The van der Waals surface area contributed by atoms with Gasteiger partial charge in [-0.2, -0.15) is 5.10 Å². The third-order valence-electron chi connectivity index (χ3n) is 5.91. The average molecular weight is 384 g/mol. The summed E-state index contributed by atoms with van der Waals surface area (Å²) in [7, 11) is 2.15. The van der Waals surface area contributed by atoms with Crippen LogP contribution in [0.4, 0.5) is 0 Å². The monoisotopic (exact) mass is 383 g/mol. The van der Waals surface area contributed by atoms with Crippen LogP contribution in [-0.2, 0) is 0 Å². The summed E-state index contributed by atoms with van der Waals surface area (Å²) >= 11 is 6.29. The number of rotatable bonds is 1. The van der Waals surface area contributed by atoms with E-state index < -0.39 is 5.72 Å². The smallest absolute Gasteiger partial charge is 0.200 e. The second kappa shape index (κ2) is 6.14. The fourth-order valence-corrected chi connectivity index (χ4v) is 4.59. The largest absolute Gasteiger partial charge is 0.508 e. The minimum absolute atomic E-state index is 0.105. The maximum absolute atomic E-state index is 9.88. The number of phenols is 1. The van der Waals surface area contributed by atoms with E-state index in [0.717, 1.165) is 54.9 Å². The number of likely N-dealkylation sites (tertiary alicyclic amines) is 1. The second-order valence-electron chi connectivity index (χ2n) is 7.70. The van der Waals surface area contributed by atoms with E-state index in [1.165, 1.54) is 0 Å². The molecule has 0 bridgehead atoms. The van der Waals surface area contributed by atoms with Crippen molar-refractivity contribution in [2.75, 3.05) is 20.1 Å². The molecule has 1 atom stereocenters. The Hall–Kier alpha value is -2.24. The van der Waals surface area contributed by atoms with E-state index in [0.29, 0.717) is 5.02 Å². The molecule has 1 spiro atoms. The number of halogens is 1. The van der Waals surface area contributed by atoms with Gasteiger partial charge in [-0.15, -0.1) is 0 Å². The first-order chi connectivity index (χ1) is 13.0. The fourth-order valence-electron chi connectivity index (χ4n) is 4.41. The number of nitrogens with zero attached hydrogens (tertiary/aromatic N) is 3. The number of benzene rings is 2. The number of piperidine rings is 1. The molecule has 140 valence electrons. The normalized spacial score (nSPS) is 23.6. The molecule has 1 fully saturated rings. The first kappa shape index (κ1) is 16.9. The topological polar surface area (TPSA) is 48.3 Å². The number of aromatic hydroxyl groups is 1. The predicted molar refractivity (Wildman–Crippen MR) is 105 cm³/mol. The molecule has 3 heterocycles. The maximum Gasteiger partial charge on any atom is 0.200 e. The summed E-state index contributed by atoms with van der Waals surface area (Å²) in [6, 6.07) is 13.3. The summed E-state index contributed by atoms with van der Waals surface area (Å²) < 4.78 is 6.57. The molecule has 5 rings (SSSR count). The van der Waals surface area contributed by atoms with Crippen LogP contribution in [0.25, 0.3) is 0 Å². The Morgan fingerprint density at radius 1 is 1.19 bits per heavy atom. The van der Waals surface area contributed by atoms with E-state index in [1.807, 2.05) is 30.3 Å². The van der Waals surface area contributed by atoms with Crippen LogP contribution in [0, 0.1) is 0 Å². The van der Waals surface area contributed by atoms with Crippen molar-refractivity contribution in [3.63, 3.8) is 0 Å². The summed E-state index contributed by atoms with van der Waals surface area (Å²) in [5.41, 5.74) is 2.60. The molecule has 1 saturated heterocycles. The Morgan fingerprint density at radius 3 is 2.78 bits per heavy atom. The molecule has 6 heteroatoms. The van der Waals surface area contributed by atoms with Crippen LogP contribution in [0.3, 0.4) is 0 Å². The van der Waals surface area contributed by atoms with E-state index in [1.54, 1.807) is 12.1 Å². The number of fused-ring (bicyclic) bond motifs is 4. The van der Waals surface area contributed by atoms with Gasteiger partial charge in [0.1, 0.15) is 11.5 Å². The van der Waals surface area contributed by atoms with Crippen molar-refractivity contribution in [3.05, 3.63) is 58.6 Å². The van der Waals surface area contributed by atoms with Crippen molar-refractivity contribution >= 4 is 17.3 Å². The molecule has 0 aliphatic carbocycles. The highest BCUT2D eigenvalue weighted by atomic mass is 35.5. The standard InChI is InChI=1S/C21H22ClN3O2/c1-24-9-7-21(8-10-24)25-19(17-12-15(22)5-6-20(17)27-21)13-18(23-25)14-3-2-4-16(26)11-14/h2-6,11-12,19,26H,7-10,13H2,1H3/t19-/m0/s1. The number of phenolic OH excluding ortho intramolecular Hbond substituents is 1. The summed E-state index contributed by atoms with van der Waals surface area (Å²) in [5.74, 6) is 1.17. The number of hydrogen-bond donors (Lipinski definition) is 1. The number of ether oxygens (including phenoxy) is 1. The Kier molecular flexibility index (Phi) is 3.85. The highest BCUT2D eigenvalue weighted by Gasteiger charge is 2.51. The van der Waals surface area contributed by atoms with Gasteiger partial charge < -0.3 is 14.7 Å². The quantitative estimate of drug-likeness (QED) is 0.808. The maximum atomic E-state index is 9.88. The van der Waals surface area contributed by atoms with Gasteiger partial charge in [0.05, 0.1) is 11.8 Å². The average Bonchev–Trinajstić information content (AvgIpc) is 3.12. The molecule has 5 nitrogen and oxygen atoms in total. The van der Waals surface area contributed by atoms with Gasteiger partial charge in [-0.1, -0.05) is 23.7 Å². The van der Waals surface area contributed by atoms with E-state index in [-0.39, 0.29) is 11.8 Å². The van der Waals surface area contributed by atoms with Crippen molar-refractivity contribution in [2.45, 2.75) is 31.0 Å². The molecular formula is C21H22ClN3O2. The minimum atomic E-state index is -0.420. The molecule has 27 heavy (non-hydrogen) atoms. The van der Waals surface area contributed by atoms with Crippen molar-refractivity contribution in [1.82, 2.24) is 9.91 Å². The van der Waals surface area contributed by atoms with Crippen LogP contribution in [0.5, 0.6) is 11.5 Å². The van der Waals surface area contributed by atoms with Gasteiger partial charge in [0.25, 0.3) is 0 Å². The molecular weight excluding hydrogens is 362 g/mol. The Bertz CT molecular complexity index is 921. The third-order valence-corrected chi connectivity index (χ3v) is 6.14. The molecule has 0 radical (unpaired) electrons. The fraction of sp³-hybridized carbons (Fsp3) is 0.381. The lowest BCUT2D eigenvalue weighted by Crippen LogP contribution is -2.58. The lowest BCUT2D eigenvalue weighted by atomic mass is 9.91. The van der Waals surface area contributed by atoms with Crippen molar-refractivity contribution in [2.24, 2.45) is 5.10 Å². The molecule has 0 saturated carbocycles. The molecule has 1 N–H and O–H groups in total. The Morgan fingerprint density at radius 2 is 2.00 bits per heavy atom. The van der Waals surface area contributed by atoms with Crippen molar-refractivity contribution in [1.29, 1.82) is 0 Å². The minimum Gasteiger partial charge on any atom is -0.508 e. The molecule has 3 aliphatic heterocycles. The highest BCUT2D eigenvalue weighted by Crippen LogP contribution is 2.50. The summed E-state index contributed by atoms with van der Waals surface area (Å²) in [5, 5.41) is 17.8. The van der Waals surface area contributed by atoms with Crippen molar-refractivity contribution in [3.8, 4) is 11.5 Å². The number of hydrazone groups is 1. The van der Waals surface area contributed by atoms with Gasteiger partial charge in [-0.05, 0) is 37.4 Å². The van der Waals surface area contributed by atoms with E-state index in [9.17, 15) is 5.11 Å². The zero-order chi connectivity index (χ0) is 18.6. The Labute approximate surface area is 163 Å². The van der Waals surface area contributed by atoms with Gasteiger partial charge in [-0.3, -0.25) is 0 Å². The zero-order valence-corrected chi connectivity index (χ0v) is 16.0.